The molecule has 4 N–H and O–H groups in total. The Morgan fingerprint density at radius 2 is 2.04 bits per heavy atom. The van der Waals surface area contributed by atoms with Gasteiger partial charge in [-0.1, -0.05) is 25.4 Å². The summed E-state index contributed by atoms with van der Waals surface area (Å²) in [6, 6.07) is 2.58. The molecule has 1 heterocycles. The van der Waals surface area contributed by atoms with E-state index < -0.39 is 21.7 Å². The SMILES string of the molecule is CCc1n[nH]c(O)c1C(=O)c1ccc(S(C)(=O)=O)c(NCC(O)CC)c1Cl. The Balaban J connectivity index is 2.59. The highest BCUT2D eigenvalue weighted by Gasteiger charge is 2.26. The first-order valence-corrected chi connectivity index (χ1v) is 10.6. The van der Waals surface area contributed by atoms with Gasteiger partial charge in [-0.25, -0.2) is 13.5 Å². The van der Waals surface area contributed by atoms with E-state index in [-0.39, 0.29) is 39.2 Å². The molecule has 2 rings (SSSR count). The summed E-state index contributed by atoms with van der Waals surface area (Å²) in [6.45, 7) is 3.62. The van der Waals surface area contributed by atoms with E-state index in [9.17, 15) is 23.4 Å². The fourth-order valence-corrected chi connectivity index (χ4v) is 3.80. The highest BCUT2D eigenvalue weighted by atomic mass is 35.5. The van der Waals surface area contributed by atoms with Crippen LogP contribution in [0.4, 0.5) is 5.69 Å². The Bertz CT molecular complexity index is 956. The number of aromatic nitrogens is 2. The van der Waals surface area contributed by atoms with Crippen LogP contribution in [0.2, 0.25) is 5.02 Å². The third-order valence-corrected chi connectivity index (χ3v) is 5.65. The molecule has 27 heavy (non-hydrogen) atoms. The second-order valence-electron chi connectivity index (χ2n) is 6.09. The van der Waals surface area contributed by atoms with E-state index in [0.29, 0.717) is 18.5 Å². The summed E-state index contributed by atoms with van der Waals surface area (Å²) in [4.78, 5) is 12.8. The van der Waals surface area contributed by atoms with Crippen LogP contribution >= 0.6 is 11.6 Å². The van der Waals surface area contributed by atoms with Crippen LogP contribution in [0.3, 0.4) is 0 Å². The fourth-order valence-electron chi connectivity index (χ4n) is 2.57. The molecule has 1 unspecified atom stereocenters. The summed E-state index contributed by atoms with van der Waals surface area (Å²) in [7, 11) is -3.64. The van der Waals surface area contributed by atoms with E-state index >= 15 is 0 Å². The lowest BCUT2D eigenvalue weighted by molar-refractivity contribution is 0.103. The Morgan fingerprint density at radius 3 is 2.59 bits per heavy atom. The largest absolute Gasteiger partial charge is 0.493 e. The quantitative estimate of drug-likeness (QED) is 0.485. The van der Waals surface area contributed by atoms with Crippen LogP contribution in [-0.2, 0) is 16.3 Å². The van der Waals surface area contributed by atoms with Crippen molar-refractivity contribution < 1.29 is 23.4 Å². The molecule has 0 aliphatic rings. The molecule has 2 aromatic rings. The fraction of sp³-hybridized carbons (Fsp3) is 0.412. The normalized spacial score (nSPS) is 12.8. The molecule has 0 radical (unpaired) electrons. The first-order valence-electron chi connectivity index (χ1n) is 8.37. The van der Waals surface area contributed by atoms with Gasteiger partial charge in [0.25, 0.3) is 0 Å². The number of H-pyrrole nitrogens is 1. The van der Waals surface area contributed by atoms with Crippen molar-refractivity contribution in [3.63, 3.8) is 0 Å². The zero-order valence-electron chi connectivity index (χ0n) is 15.2. The molecule has 8 nitrogen and oxygen atoms in total. The smallest absolute Gasteiger partial charge is 0.218 e. The number of aromatic hydroxyl groups is 1. The van der Waals surface area contributed by atoms with Crippen LogP contribution in [0, 0.1) is 0 Å². The number of anilines is 1. The molecule has 0 spiro atoms. The van der Waals surface area contributed by atoms with E-state index in [1.807, 2.05) is 0 Å². The maximum absolute atomic E-state index is 12.9. The number of aryl methyl sites for hydroxylation is 1. The minimum Gasteiger partial charge on any atom is -0.493 e. The number of aromatic amines is 1. The minimum absolute atomic E-state index is 0.00829. The topological polar surface area (TPSA) is 132 Å². The van der Waals surface area contributed by atoms with Crippen LogP contribution in [-0.4, -0.2) is 53.5 Å². The second-order valence-corrected chi connectivity index (χ2v) is 8.45. The summed E-state index contributed by atoms with van der Waals surface area (Å²) in [5, 5.41) is 28.6. The average molecular weight is 416 g/mol. The van der Waals surface area contributed by atoms with Gasteiger partial charge in [0.1, 0.15) is 5.56 Å². The predicted octanol–water partition coefficient (Wildman–Crippen LogP) is 2.15. The lowest BCUT2D eigenvalue weighted by atomic mass is 10.0. The summed E-state index contributed by atoms with van der Waals surface area (Å²) >= 11 is 6.36. The van der Waals surface area contributed by atoms with Crippen LogP contribution in [0.25, 0.3) is 0 Å². The van der Waals surface area contributed by atoms with Crippen LogP contribution < -0.4 is 5.32 Å². The van der Waals surface area contributed by atoms with Gasteiger partial charge in [-0.3, -0.25) is 4.79 Å². The summed E-state index contributed by atoms with van der Waals surface area (Å²) < 4.78 is 24.2. The molecule has 1 aromatic carbocycles. The molecular formula is C17H22ClN3O5S. The van der Waals surface area contributed by atoms with Gasteiger partial charge in [-0.05, 0) is 25.0 Å². The summed E-state index contributed by atoms with van der Waals surface area (Å²) in [6.07, 6.45) is 1.18. The van der Waals surface area contributed by atoms with Gasteiger partial charge in [0, 0.05) is 18.4 Å². The molecule has 0 fully saturated rings. The highest BCUT2D eigenvalue weighted by molar-refractivity contribution is 7.90. The number of aliphatic hydroxyl groups excluding tert-OH is 1. The Labute approximate surface area is 162 Å². The molecular weight excluding hydrogens is 394 g/mol. The van der Waals surface area contributed by atoms with Crippen molar-refractivity contribution in [3.05, 3.63) is 34.0 Å². The van der Waals surface area contributed by atoms with E-state index in [0.717, 1.165) is 6.26 Å². The van der Waals surface area contributed by atoms with Crippen LogP contribution in [0.15, 0.2) is 17.0 Å². The monoisotopic (exact) mass is 415 g/mol. The Morgan fingerprint density at radius 1 is 1.37 bits per heavy atom. The van der Waals surface area contributed by atoms with Crippen LogP contribution in [0.1, 0.15) is 41.9 Å². The summed E-state index contributed by atoms with van der Waals surface area (Å²) in [5.41, 5.74) is 0.422. The molecule has 0 aliphatic heterocycles. The minimum atomic E-state index is -3.64. The Hall–Kier alpha value is -2.10. The molecule has 0 saturated carbocycles. The van der Waals surface area contributed by atoms with Gasteiger partial charge in [-0.15, -0.1) is 0 Å². The average Bonchev–Trinajstić information content (AvgIpc) is 2.99. The van der Waals surface area contributed by atoms with Gasteiger partial charge in [-0.2, -0.15) is 5.10 Å². The molecule has 0 aliphatic carbocycles. The maximum Gasteiger partial charge on any atom is 0.218 e. The third kappa shape index (κ3) is 4.42. The number of hydrogen-bond donors (Lipinski definition) is 4. The lowest BCUT2D eigenvalue weighted by Crippen LogP contribution is -2.20. The standard InChI is InChI=1S/C17H22ClN3O5S/c1-4-9(22)8-19-15-12(27(3,25)26)7-6-10(14(15)18)16(23)13-11(5-2)20-21-17(13)24/h6-7,9,19,22H,4-5,8H2,1-3H3,(H2,20,21,24). The van der Waals surface area contributed by atoms with Gasteiger partial charge in [0.2, 0.25) is 11.7 Å². The highest BCUT2D eigenvalue weighted by Crippen LogP contribution is 2.35. The van der Waals surface area contributed by atoms with Gasteiger partial charge in [0.15, 0.2) is 9.84 Å². The zero-order valence-corrected chi connectivity index (χ0v) is 16.8. The number of benzene rings is 1. The van der Waals surface area contributed by atoms with Gasteiger partial charge < -0.3 is 15.5 Å². The summed E-state index contributed by atoms with van der Waals surface area (Å²) in [5.74, 6) is -0.960. The lowest BCUT2D eigenvalue weighted by Gasteiger charge is -2.17. The van der Waals surface area contributed by atoms with Crippen molar-refractivity contribution in [2.24, 2.45) is 0 Å². The number of hydrogen-bond acceptors (Lipinski definition) is 7. The molecule has 1 aromatic heterocycles. The van der Waals surface area contributed by atoms with Gasteiger partial charge in [0.05, 0.1) is 27.4 Å². The number of aliphatic hydroxyl groups is 1. The number of rotatable bonds is 8. The number of halogens is 1. The number of carbonyl (C=O) groups excluding carboxylic acids is 1. The second kappa shape index (κ2) is 8.28. The molecule has 0 amide bonds. The van der Waals surface area contributed by atoms with Crippen molar-refractivity contribution in [3.8, 4) is 5.88 Å². The predicted molar refractivity (Wildman–Crippen MR) is 102 cm³/mol. The first kappa shape index (κ1) is 21.2. The van der Waals surface area contributed by atoms with E-state index in [1.165, 1.54) is 12.1 Å². The van der Waals surface area contributed by atoms with E-state index in [2.05, 4.69) is 15.5 Å². The van der Waals surface area contributed by atoms with Gasteiger partial charge >= 0.3 is 0 Å². The third-order valence-electron chi connectivity index (χ3n) is 4.12. The first-order chi connectivity index (χ1) is 12.6. The molecule has 0 saturated heterocycles. The number of nitrogens with zero attached hydrogens (tertiary/aromatic N) is 1. The number of ketones is 1. The molecule has 0 bridgehead atoms. The number of carbonyl (C=O) groups is 1. The zero-order chi connectivity index (χ0) is 20.4. The van der Waals surface area contributed by atoms with Crippen LogP contribution in [0.5, 0.6) is 5.88 Å². The van der Waals surface area contributed by atoms with E-state index in [4.69, 9.17) is 11.6 Å². The van der Waals surface area contributed by atoms with Crippen molar-refractivity contribution in [1.82, 2.24) is 10.2 Å². The number of nitrogens with one attached hydrogen (secondary N) is 2. The van der Waals surface area contributed by atoms with Crippen molar-refractivity contribution in [2.45, 2.75) is 37.7 Å². The van der Waals surface area contributed by atoms with E-state index in [1.54, 1.807) is 13.8 Å². The number of sulfone groups is 1. The molecule has 148 valence electrons. The molecule has 1 atom stereocenters. The molecule has 10 heteroatoms. The maximum atomic E-state index is 12.9. The van der Waals surface area contributed by atoms with Crippen molar-refractivity contribution >= 4 is 32.9 Å². The van der Waals surface area contributed by atoms with Crippen molar-refractivity contribution in [2.75, 3.05) is 18.1 Å². The Kier molecular flexibility index (Phi) is 6.50. The van der Waals surface area contributed by atoms with Crippen molar-refractivity contribution in [1.29, 1.82) is 0 Å².